The van der Waals surface area contributed by atoms with Crippen LogP contribution in [0.15, 0.2) is 40.0 Å². The van der Waals surface area contributed by atoms with Gasteiger partial charge in [-0.1, -0.05) is 67.7 Å². The van der Waals surface area contributed by atoms with Crippen molar-refractivity contribution in [2.24, 2.45) is 0 Å². The summed E-state index contributed by atoms with van der Waals surface area (Å²) in [5.41, 5.74) is 2.24. The monoisotopic (exact) mass is 535 g/mol. The Morgan fingerprint density at radius 3 is 2.46 bits per heavy atom. The standard InChI is InChI=1S/C28H33N5O2S2/c1-5-6-12-32-25(31-15-13-30(4)14-16-31)22(19(2)23(18-29)26(32)34)17-24-27(35)33(28(36)37-24)20(3)21-10-8-7-9-11-21/h7-11,17,20H,5-6,12-16H2,1-4H3/b24-17-. The number of piperazine rings is 1. The van der Waals surface area contributed by atoms with Gasteiger partial charge in [0.2, 0.25) is 0 Å². The zero-order valence-electron chi connectivity index (χ0n) is 21.9. The third kappa shape index (κ3) is 5.37. The molecule has 0 radical (unpaired) electrons. The highest BCUT2D eigenvalue weighted by atomic mass is 32.2. The molecule has 2 aliphatic rings. The number of hydrogen-bond donors (Lipinski definition) is 0. The molecule has 0 N–H and O–H groups in total. The normalized spacial score (nSPS) is 18.5. The Kier molecular flexibility index (Phi) is 8.53. The van der Waals surface area contributed by atoms with E-state index >= 15 is 0 Å². The van der Waals surface area contributed by atoms with Crippen molar-refractivity contribution in [3.63, 3.8) is 0 Å². The van der Waals surface area contributed by atoms with E-state index in [1.807, 2.05) is 50.3 Å². The summed E-state index contributed by atoms with van der Waals surface area (Å²) in [6.45, 7) is 9.67. The van der Waals surface area contributed by atoms with E-state index < -0.39 is 0 Å². The van der Waals surface area contributed by atoms with Crippen molar-refractivity contribution in [3.05, 3.63) is 67.8 Å². The van der Waals surface area contributed by atoms with E-state index in [2.05, 4.69) is 29.8 Å². The van der Waals surface area contributed by atoms with Crippen LogP contribution in [0.25, 0.3) is 6.08 Å². The number of unbranched alkanes of at least 4 members (excludes halogenated alkanes) is 1. The quantitative estimate of drug-likeness (QED) is 0.381. The lowest BCUT2D eigenvalue weighted by molar-refractivity contribution is -0.123. The van der Waals surface area contributed by atoms with E-state index in [9.17, 15) is 14.9 Å². The number of thioether (sulfide) groups is 1. The molecule has 1 unspecified atom stereocenters. The third-order valence-electron chi connectivity index (χ3n) is 7.15. The van der Waals surface area contributed by atoms with Crippen LogP contribution in [-0.2, 0) is 11.3 Å². The number of hydrogen-bond acceptors (Lipinski definition) is 7. The SMILES string of the molecule is CCCCn1c(N2CCN(C)CC2)c(/C=C2\SC(=S)N(C(C)c3ccccc3)C2=O)c(C)c(C#N)c1=O. The summed E-state index contributed by atoms with van der Waals surface area (Å²) in [5, 5.41) is 9.90. The maximum absolute atomic E-state index is 13.7. The molecule has 3 heterocycles. The summed E-state index contributed by atoms with van der Waals surface area (Å²) >= 11 is 6.92. The van der Waals surface area contributed by atoms with Crippen molar-refractivity contribution in [1.29, 1.82) is 5.26 Å². The van der Waals surface area contributed by atoms with Gasteiger partial charge in [-0.05, 0) is 44.5 Å². The number of benzene rings is 1. The average Bonchev–Trinajstić information content (AvgIpc) is 3.18. The van der Waals surface area contributed by atoms with E-state index in [1.54, 1.807) is 9.47 Å². The summed E-state index contributed by atoms with van der Waals surface area (Å²) in [6, 6.07) is 11.8. The lowest BCUT2D eigenvalue weighted by Gasteiger charge is -2.36. The number of thiocarbonyl (C=S) groups is 1. The Morgan fingerprint density at radius 2 is 1.84 bits per heavy atom. The fraction of sp³-hybridized carbons (Fsp3) is 0.429. The van der Waals surface area contributed by atoms with Crippen LogP contribution in [0.1, 0.15) is 55.0 Å². The molecule has 2 fully saturated rings. The minimum atomic E-state index is -0.259. The third-order valence-corrected chi connectivity index (χ3v) is 8.48. The number of amides is 1. The average molecular weight is 536 g/mol. The predicted octanol–water partition coefficient (Wildman–Crippen LogP) is 4.54. The molecule has 2 aromatic rings. The van der Waals surface area contributed by atoms with Gasteiger partial charge in [-0.2, -0.15) is 5.26 Å². The molecule has 37 heavy (non-hydrogen) atoms. The highest BCUT2D eigenvalue weighted by molar-refractivity contribution is 8.26. The Labute approximate surface area is 228 Å². The predicted molar refractivity (Wildman–Crippen MR) is 155 cm³/mol. The van der Waals surface area contributed by atoms with Crippen LogP contribution in [0.4, 0.5) is 5.82 Å². The number of aromatic nitrogens is 1. The van der Waals surface area contributed by atoms with Crippen molar-refractivity contribution in [1.82, 2.24) is 14.4 Å². The zero-order valence-corrected chi connectivity index (χ0v) is 23.5. The molecule has 0 spiro atoms. The van der Waals surface area contributed by atoms with Crippen molar-refractivity contribution in [2.75, 3.05) is 38.1 Å². The highest BCUT2D eigenvalue weighted by Gasteiger charge is 2.37. The second-order valence-electron chi connectivity index (χ2n) is 9.59. The van der Waals surface area contributed by atoms with Gasteiger partial charge in [0.05, 0.1) is 10.9 Å². The first kappa shape index (κ1) is 27.1. The number of pyridine rings is 1. The smallest absolute Gasteiger partial charge is 0.270 e. The molecular formula is C28H33N5O2S2. The first-order valence-corrected chi connectivity index (χ1v) is 13.9. The van der Waals surface area contributed by atoms with Gasteiger partial charge in [0, 0.05) is 38.3 Å². The van der Waals surface area contributed by atoms with E-state index in [-0.39, 0.29) is 23.1 Å². The van der Waals surface area contributed by atoms with Crippen LogP contribution in [-0.4, -0.2) is 57.8 Å². The molecule has 9 heteroatoms. The number of nitrogens with zero attached hydrogens (tertiary/aromatic N) is 5. The number of rotatable bonds is 7. The van der Waals surface area contributed by atoms with Crippen molar-refractivity contribution in [3.8, 4) is 6.07 Å². The summed E-state index contributed by atoms with van der Waals surface area (Å²) in [4.78, 5) is 33.7. The van der Waals surface area contributed by atoms with Crippen molar-refractivity contribution < 1.29 is 4.79 Å². The van der Waals surface area contributed by atoms with Gasteiger partial charge in [-0.3, -0.25) is 19.1 Å². The van der Waals surface area contributed by atoms with Crippen LogP contribution >= 0.6 is 24.0 Å². The molecule has 1 amide bonds. The second kappa shape index (κ2) is 11.6. The van der Waals surface area contributed by atoms with Crippen LogP contribution < -0.4 is 10.5 Å². The fourth-order valence-corrected chi connectivity index (χ4v) is 6.25. The topological polar surface area (TPSA) is 72.6 Å². The first-order chi connectivity index (χ1) is 17.8. The molecule has 7 nitrogen and oxygen atoms in total. The van der Waals surface area contributed by atoms with E-state index in [0.29, 0.717) is 21.3 Å². The second-order valence-corrected chi connectivity index (χ2v) is 11.3. The van der Waals surface area contributed by atoms with Gasteiger partial charge in [0.15, 0.2) is 0 Å². The van der Waals surface area contributed by atoms with E-state index in [0.717, 1.165) is 56.0 Å². The molecule has 0 bridgehead atoms. The van der Waals surface area contributed by atoms with Crippen molar-refractivity contribution >= 4 is 46.1 Å². The summed E-state index contributed by atoms with van der Waals surface area (Å²) in [5.74, 6) is 0.643. The number of carbonyl (C=O) groups excluding carboxylic acids is 1. The largest absolute Gasteiger partial charge is 0.355 e. The van der Waals surface area contributed by atoms with Crippen LogP contribution in [0.2, 0.25) is 0 Å². The number of likely N-dealkylation sites (N-methyl/N-ethyl adjacent to an activating group) is 1. The Morgan fingerprint density at radius 1 is 1.16 bits per heavy atom. The fourth-order valence-electron chi connectivity index (χ4n) is 4.85. The molecule has 1 aromatic carbocycles. The molecular weight excluding hydrogens is 502 g/mol. The van der Waals surface area contributed by atoms with E-state index in [1.165, 1.54) is 11.8 Å². The Bertz CT molecular complexity index is 1320. The minimum absolute atomic E-state index is 0.133. The number of anilines is 1. The molecule has 1 aromatic heterocycles. The summed E-state index contributed by atoms with van der Waals surface area (Å²) < 4.78 is 2.26. The Hall–Kier alpha value is -2.93. The molecule has 0 aliphatic carbocycles. The van der Waals surface area contributed by atoms with Crippen molar-refractivity contribution in [2.45, 2.75) is 46.2 Å². The lowest BCUT2D eigenvalue weighted by atomic mass is 10.0. The maximum Gasteiger partial charge on any atom is 0.270 e. The molecule has 2 saturated heterocycles. The van der Waals surface area contributed by atoms with Gasteiger partial charge in [0.1, 0.15) is 21.8 Å². The molecule has 194 valence electrons. The molecule has 1 atom stereocenters. The zero-order chi connectivity index (χ0) is 26.7. The minimum Gasteiger partial charge on any atom is -0.355 e. The van der Waals surface area contributed by atoms with Gasteiger partial charge in [-0.25, -0.2) is 0 Å². The van der Waals surface area contributed by atoms with Gasteiger partial charge in [-0.15, -0.1) is 0 Å². The molecule has 2 aliphatic heterocycles. The van der Waals surface area contributed by atoms with Gasteiger partial charge in [0.25, 0.3) is 11.5 Å². The summed E-state index contributed by atoms with van der Waals surface area (Å²) in [6.07, 6.45) is 3.60. The maximum atomic E-state index is 13.7. The Balaban J connectivity index is 1.84. The summed E-state index contributed by atoms with van der Waals surface area (Å²) in [7, 11) is 2.09. The first-order valence-electron chi connectivity index (χ1n) is 12.7. The highest BCUT2D eigenvalue weighted by Crippen LogP contribution is 2.39. The van der Waals surface area contributed by atoms with Gasteiger partial charge < -0.3 is 9.80 Å². The van der Waals surface area contributed by atoms with Crippen LogP contribution in [0, 0.1) is 18.3 Å². The molecule has 4 rings (SSSR count). The van der Waals surface area contributed by atoms with E-state index in [4.69, 9.17) is 12.2 Å². The van der Waals surface area contributed by atoms with Gasteiger partial charge >= 0.3 is 0 Å². The van der Waals surface area contributed by atoms with Crippen LogP contribution in [0.3, 0.4) is 0 Å². The van der Waals surface area contributed by atoms with Crippen LogP contribution in [0.5, 0.6) is 0 Å². The lowest BCUT2D eigenvalue weighted by Crippen LogP contribution is -2.47. The number of carbonyl (C=O) groups is 1. The number of nitriles is 1. The molecule has 0 saturated carbocycles.